The maximum absolute atomic E-state index is 13.1. The third kappa shape index (κ3) is 44.8. The van der Waals surface area contributed by atoms with Crippen molar-refractivity contribution >= 4 is 112 Å². The van der Waals surface area contributed by atoms with Crippen molar-refractivity contribution in [1.82, 2.24) is 31.9 Å². The highest BCUT2D eigenvalue weighted by molar-refractivity contribution is 8.14. The summed E-state index contributed by atoms with van der Waals surface area (Å²) in [4.78, 5) is 102. The van der Waals surface area contributed by atoms with Gasteiger partial charge in [-0.15, -0.1) is 0 Å². The summed E-state index contributed by atoms with van der Waals surface area (Å²) in [5.41, 5.74) is -2.97. The number of thiol groups is 1. The van der Waals surface area contributed by atoms with E-state index in [4.69, 9.17) is 13.7 Å². The first kappa shape index (κ1) is 102. The van der Waals surface area contributed by atoms with Gasteiger partial charge in [0.2, 0.25) is 45.7 Å². The molecule has 0 heterocycles. The van der Waals surface area contributed by atoms with Gasteiger partial charge in [0.15, 0.2) is 0 Å². The van der Waals surface area contributed by atoms with Crippen LogP contribution in [0.25, 0.3) is 0 Å². The topological polar surface area (TPSA) is 372 Å². The van der Waals surface area contributed by atoms with Crippen LogP contribution >= 0.6 is 36.2 Å². The van der Waals surface area contributed by atoms with Crippen LogP contribution in [0.4, 0.5) is 0 Å². The van der Waals surface area contributed by atoms with Crippen molar-refractivity contribution in [3.05, 3.63) is 71.8 Å². The van der Waals surface area contributed by atoms with Gasteiger partial charge in [0.25, 0.3) is 30.4 Å². The summed E-state index contributed by atoms with van der Waals surface area (Å²) in [6, 6.07) is 18.1. The Balaban J connectivity index is 0.00000159. The van der Waals surface area contributed by atoms with Gasteiger partial charge in [-0.3, -0.25) is 52.0 Å². The molecule has 0 spiro atoms. The molecule has 0 saturated heterocycles. The molecule has 3 unspecified atom stereocenters. The Morgan fingerprint density at radius 1 is 0.364 bits per heavy atom. The fourth-order valence-electron chi connectivity index (χ4n) is 12.3. The average molecular weight is 1630 g/mol. The molecule has 0 saturated carbocycles. The summed E-state index contributed by atoms with van der Waals surface area (Å²) in [6.45, 7) is 29.5. The molecule has 616 valence electrons. The molecule has 32 heteroatoms. The summed E-state index contributed by atoms with van der Waals surface area (Å²) >= 11 is 6.53. The maximum atomic E-state index is 13.1. The number of rotatable bonds is 50. The fraction of sp³-hybridized carbons (Fsp3) is 0.733. The molecule has 2 rings (SSSR count). The third-order valence-corrected chi connectivity index (χ3v) is 23.9. The van der Waals surface area contributed by atoms with Gasteiger partial charge in [0.05, 0.1) is 98.8 Å². The zero-order valence-electron chi connectivity index (χ0n) is 67.6. The Morgan fingerprint density at radius 2 is 0.607 bits per heavy atom. The van der Waals surface area contributed by atoms with Crippen molar-refractivity contribution in [2.24, 2.45) is 32.5 Å². The largest absolute Gasteiger partial charge is 0.356 e. The minimum Gasteiger partial charge on any atom is -0.356 e. The number of hydrogen-bond donors (Lipinski definition) is 10. The monoisotopic (exact) mass is 1630 g/mol. The second kappa shape index (κ2) is 47.6. The van der Waals surface area contributed by atoms with Crippen molar-refractivity contribution in [3.63, 3.8) is 0 Å². The lowest BCUT2D eigenvalue weighted by Crippen LogP contribution is -2.47. The Hall–Kier alpha value is -4.74. The predicted octanol–water partition coefficient (Wildman–Crippen LogP) is 8.85. The molecular weight excluding hydrogens is 1490 g/mol. The SMILES string of the molecule is CCC(C)(CC(C)(C)C(=O)NCCC[N+](C)(C)CCCS(=O)(=O)O)C(=O)NCCCSC(=O)c1ccccc1.CCC(C)(CC(C)(C)C(=O)NCCC[N+](C)(C)CCCS(=O)(=O)O)C(=O)NCCS.CCC(C)(CC(C)(C)C(=O)NCCC[N+](C)(C)CCCS(=O)(=O)O)C(=O)NCCSC(=O)c1ccccc1. The van der Waals surface area contributed by atoms with Crippen LogP contribution in [0, 0.1) is 32.5 Å². The van der Waals surface area contributed by atoms with Crippen LogP contribution in [0.3, 0.4) is 0 Å². The zero-order valence-corrected chi connectivity index (χ0v) is 72.6. The minimum absolute atomic E-state index is 0.0211. The summed E-state index contributed by atoms with van der Waals surface area (Å²) in [5.74, 6) is 0.320. The van der Waals surface area contributed by atoms with Crippen molar-refractivity contribution in [1.29, 1.82) is 0 Å². The number of hydrogen-bond acceptors (Lipinski definition) is 17. The summed E-state index contributed by atoms with van der Waals surface area (Å²) in [6.07, 6.45) is 6.98. The second-order valence-electron chi connectivity index (χ2n) is 32.7. The van der Waals surface area contributed by atoms with E-state index in [2.05, 4.69) is 44.5 Å². The first-order chi connectivity index (χ1) is 49.1. The lowest BCUT2D eigenvalue weighted by Gasteiger charge is -2.35. The molecule has 0 aromatic heterocycles. The first-order valence-electron chi connectivity index (χ1n) is 37.2. The van der Waals surface area contributed by atoms with Crippen molar-refractivity contribution in [2.75, 3.05) is 155 Å². The van der Waals surface area contributed by atoms with Gasteiger partial charge in [-0.1, -0.05) is 167 Å². The van der Waals surface area contributed by atoms with Crippen LogP contribution < -0.4 is 31.9 Å². The quantitative estimate of drug-likeness (QED) is 0.0128. The summed E-state index contributed by atoms with van der Waals surface area (Å²) in [7, 11) is 0.0907. The van der Waals surface area contributed by atoms with Crippen LogP contribution in [0.1, 0.15) is 187 Å². The number of carbonyl (C=O) groups is 8. The highest BCUT2D eigenvalue weighted by atomic mass is 32.2. The van der Waals surface area contributed by atoms with Gasteiger partial charge in [-0.05, 0) is 44.9 Å². The third-order valence-electron chi connectivity index (χ3n) is 19.4. The molecule has 2 aromatic carbocycles. The molecule has 0 aliphatic carbocycles. The van der Waals surface area contributed by atoms with Crippen LogP contribution in [0.15, 0.2) is 60.7 Å². The van der Waals surface area contributed by atoms with Gasteiger partial charge >= 0.3 is 0 Å². The molecule has 107 heavy (non-hydrogen) atoms. The molecule has 0 radical (unpaired) electrons. The zero-order chi connectivity index (χ0) is 82.4. The smallest absolute Gasteiger partial charge is 0.265 e. The van der Waals surface area contributed by atoms with Crippen molar-refractivity contribution in [2.45, 2.75) is 167 Å². The molecule has 26 nitrogen and oxygen atoms in total. The van der Waals surface area contributed by atoms with Gasteiger partial charge in [0.1, 0.15) is 0 Å². The van der Waals surface area contributed by atoms with E-state index in [1.54, 1.807) is 24.3 Å². The van der Waals surface area contributed by atoms with Crippen molar-refractivity contribution < 1.29 is 90.7 Å². The van der Waals surface area contributed by atoms with E-state index < -0.39 is 62.8 Å². The Kier molecular flexibility index (Phi) is 45.5. The molecule has 3 atom stereocenters. The molecule has 0 fully saturated rings. The molecule has 6 amide bonds. The molecule has 0 bridgehead atoms. The van der Waals surface area contributed by atoms with E-state index in [1.165, 1.54) is 23.5 Å². The van der Waals surface area contributed by atoms with Crippen LogP contribution in [-0.4, -0.2) is 253 Å². The maximum Gasteiger partial charge on any atom is 0.265 e. The van der Waals surface area contributed by atoms with E-state index in [-0.39, 0.29) is 62.9 Å². The number of thioether (sulfide) groups is 2. The van der Waals surface area contributed by atoms with Crippen LogP contribution in [0.2, 0.25) is 0 Å². The van der Waals surface area contributed by atoms with Gasteiger partial charge < -0.3 is 45.3 Å². The number of nitrogens with zero attached hydrogens (tertiary/aromatic N) is 3. The number of benzene rings is 2. The molecule has 2 aromatic rings. The highest BCUT2D eigenvalue weighted by Crippen LogP contribution is 2.40. The number of carbonyl (C=O) groups excluding carboxylic acids is 8. The lowest BCUT2D eigenvalue weighted by atomic mass is 9.71. The fourth-order valence-corrected chi connectivity index (χ4v) is 15.4. The average Bonchev–Trinajstić information content (AvgIpc) is 0.825. The van der Waals surface area contributed by atoms with Gasteiger partial charge in [-0.25, -0.2) is 0 Å². The lowest BCUT2D eigenvalue weighted by molar-refractivity contribution is -0.890. The number of quaternary nitrogens is 3. The molecule has 9 N–H and O–H groups in total. The minimum atomic E-state index is -3.95. The standard InChI is InChI=1S/C28H47N3O6S2.C27H45N3O6S2.C20H41N3O5S2/c1-7-28(4,26(34)30-17-12-20-38-24(32)23-14-9-8-10-15-23)22-27(2,3)25(33)29-16-11-18-31(5,6)19-13-21-39(35,36)37;1-7-27(4,25(33)29-16-19-37-23(31)22-13-9-8-10-14-22)21-26(2,3)24(32)28-15-11-17-30(5,6)18-12-20-38(34,35)36;1-7-20(4,18(25)22-11-14-29)16-19(2,3)17(24)21-10-8-12-23(5,6)13-9-15-30(26,27)28/h8-10,14-15H,7,11-13,16-22H2,1-6H3,(H2-,29,30,33,34,35,36,37);8-10,13-14H,7,11-12,15-21H2,1-6H3,(H2-,28,29,32,33,34,35,36);7-16H2,1-6H3,(H3-,21,22,24,25,26,27,28,29)/p+3. The van der Waals surface area contributed by atoms with E-state index in [0.717, 1.165) is 32.5 Å². The Labute approximate surface area is 656 Å². The molecule has 0 aliphatic heterocycles. The molecule has 0 aliphatic rings. The first-order valence-corrected chi connectivity index (χ1v) is 44.6. The Morgan fingerprint density at radius 3 is 0.879 bits per heavy atom. The normalized spacial score (nSPS) is 14.2. The predicted molar refractivity (Wildman–Crippen MR) is 436 cm³/mol. The number of amides is 6. The van der Waals surface area contributed by atoms with E-state index in [1.807, 2.05) is 162 Å². The van der Waals surface area contributed by atoms with Crippen LogP contribution in [-0.2, 0) is 59.1 Å². The van der Waals surface area contributed by atoms with E-state index >= 15 is 0 Å². The van der Waals surface area contributed by atoms with E-state index in [9.17, 15) is 63.6 Å². The van der Waals surface area contributed by atoms with Crippen LogP contribution in [0.5, 0.6) is 0 Å². The Bertz CT molecular complexity index is 3440. The molecular formula is C75H136N9O17S6+3. The summed E-state index contributed by atoms with van der Waals surface area (Å²) in [5, 5.41) is 17.8. The second-order valence-corrected chi connectivity index (χ2v) is 40.0. The highest BCUT2D eigenvalue weighted by Gasteiger charge is 2.44. The van der Waals surface area contributed by atoms with E-state index in [0.29, 0.717) is 171 Å². The van der Waals surface area contributed by atoms with Gasteiger partial charge in [-0.2, -0.15) is 37.9 Å². The van der Waals surface area contributed by atoms with Crippen molar-refractivity contribution in [3.8, 4) is 0 Å². The van der Waals surface area contributed by atoms with Gasteiger partial charge in [0, 0.05) is 139 Å². The number of nitrogens with one attached hydrogen (secondary N) is 6. The summed E-state index contributed by atoms with van der Waals surface area (Å²) < 4.78 is 93.7.